The molecule has 1 aromatic rings. The van der Waals surface area contributed by atoms with Crippen molar-refractivity contribution >= 4 is 8.32 Å². The number of hydrogen-bond acceptors (Lipinski definition) is 5. The smallest absolute Gasteiger partial charge is 0.193 e. The van der Waals surface area contributed by atoms with Gasteiger partial charge in [0.05, 0.1) is 38.1 Å². The van der Waals surface area contributed by atoms with E-state index < -0.39 is 20.2 Å². The summed E-state index contributed by atoms with van der Waals surface area (Å²) >= 11 is 0. The molecule has 5 nitrogen and oxygen atoms in total. The third-order valence-electron chi connectivity index (χ3n) is 6.74. The van der Waals surface area contributed by atoms with Gasteiger partial charge in [-0.05, 0) is 43.5 Å². The molecule has 0 aromatic carbocycles. The third kappa shape index (κ3) is 6.67. The van der Waals surface area contributed by atoms with Crippen LogP contribution in [0.15, 0.2) is 36.0 Å². The first-order valence-corrected chi connectivity index (χ1v) is 14.5. The minimum atomic E-state index is -2.04. The topological polar surface area (TPSA) is 61.1 Å². The van der Waals surface area contributed by atoms with E-state index in [-0.39, 0.29) is 16.6 Å². The summed E-state index contributed by atoms with van der Waals surface area (Å²) in [7, 11) is -2.04. The van der Waals surface area contributed by atoms with Crippen molar-refractivity contribution < 1.29 is 23.4 Å². The van der Waals surface area contributed by atoms with E-state index in [4.69, 9.17) is 18.3 Å². The van der Waals surface area contributed by atoms with E-state index in [9.17, 15) is 5.11 Å². The van der Waals surface area contributed by atoms with E-state index in [0.717, 1.165) is 16.9 Å². The molecule has 32 heavy (non-hydrogen) atoms. The van der Waals surface area contributed by atoms with Gasteiger partial charge < -0.3 is 23.4 Å². The molecule has 1 aliphatic heterocycles. The first-order valence-electron chi connectivity index (χ1n) is 11.6. The van der Waals surface area contributed by atoms with Crippen molar-refractivity contribution in [1.29, 1.82) is 0 Å². The molecule has 1 aromatic heterocycles. The minimum absolute atomic E-state index is 0.00429. The van der Waals surface area contributed by atoms with E-state index in [0.29, 0.717) is 32.5 Å². The minimum Gasteiger partial charge on any atom is -0.468 e. The third-order valence-corrected chi connectivity index (χ3v) is 11.2. The molecule has 1 saturated heterocycles. The van der Waals surface area contributed by atoms with Crippen LogP contribution in [0.3, 0.4) is 0 Å². The fourth-order valence-electron chi connectivity index (χ4n) is 3.42. The van der Waals surface area contributed by atoms with Crippen LogP contribution in [0, 0.1) is 5.41 Å². The monoisotopic (exact) mass is 464 g/mol. The number of rotatable bonds is 10. The van der Waals surface area contributed by atoms with Crippen LogP contribution < -0.4 is 0 Å². The highest BCUT2D eigenvalue weighted by molar-refractivity contribution is 6.74. The SMILES string of the molecule is C=CC(O)CCc1c([C@H](C=C)O[Si](C)(C)C(C)(C)C)coc1CC1(C)OCC(C)(C)CO1. The van der Waals surface area contributed by atoms with Gasteiger partial charge in [0, 0.05) is 11.0 Å². The number of aliphatic hydroxyl groups is 1. The summed E-state index contributed by atoms with van der Waals surface area (Å²) < 4.78 is 25.0. The summed E-state index contributed by atoms with van der Waals surface area (Å²) in [6, 6.07) is 0. The molecule has 2 heterocycles. The fraction of sp³-hybridized carbons (Fsp3) is 0.692. The van der Waals surface area contributed by atoms with E-state index >= 15 is 0 Å². The van der Waals surface area contributed by atoms with Crippen LogP contribution in [0.5, 0.6) is 0 Å². The van der Waals surface area contributed by atoms with Crippen molar-refractivity contribution in [2.45, 2.75) is 96.9 Å². The number of aliphatic hydroxyl groups excluding tert-OH is 1. The zero-order valence-electron chi connectivity index (χ0n) is 21.4. The lowest BCUT2D eigenvalue weighted by Gasteiger charge is -2.41. The molecule has 0 amide bonds. The van der Waals surface area contributed by atoms with E-state index in [1.54, 1.807) is 12.3 Å². The molecule has 182 valence electrons. The Labute approximate surface area is 196 Å². The van der Waals surface area contributed by atoms with Gasteiger partial charge in [-0.1, -0.05) is 46.8 Å². The van der Waals surface area contributed by atoms with Crippen LogP contribution in [0.4, 0.5) is 0 Å². The number of hydrogen-bond donors (Lipinski definition) is 1. The van der Waals surface area contributed by atoms with Crippen molar-refractivity contribution in [3.05, 3.63) is 48.5 Å². The van der Waals surface area contributed by atoms with Crippen LogP contribution in [0.1, 0.15) is 71.0 Å². The zero-order valence-corrected chi connectivity index (χ0v) is 22.4. The van der Waals surface area contributed by atoms with E-state index in [1.807, 2.05) is 13.0 Å². The lowest BCUT2D eigenvalue weighted by Crippen LogP contribution is -2.47. The zero-order chi connectivity index (χ0) is 24.4. The van der Waals surface area contributed by atoms with Gasteiger partial charge in [-0.3, -0.25) is 0 Å². The van der Waals surface area contributed by atoms with Crippen LogP contribution in [0.25, 0.3) is 0 Å². The largest absolute Gasteiger partial charge is 0.468 e. The second-order valence-corrected chi connectivity index (χ2v) is 16.3. The Morgan fingerprint density at radius 3 is 2.25 bits per heavy atom. The molecule has 1 N–H and O–H groups in total. The van der Waals surface area contributed by atoms with Crippen LogP contribution in [-0.4, -0.2) is 38.5 Å². The maximum Gasteiger partial charge on any atom is 0.193 e. The lowest BCUT2D eigenvalue weighted by molar-refractivity contribution is -0.289. The van der Waals surface area contributed by atoms with Crippen LogP contribution in [-0.2, 0) is 26.7 Å². The van der Waals surface area contributed by atoms with Gasteiger partial charge in [0.1, 0.15) is 5.76 Å². The van der Waals surface area contributed by atoms with Crippen LogP contribution in [0.2, 0.25) is 18.1 Å². The van der Waals surface area contributed by atoms with Gasteiger partial charge in [-0.2, -0.15) is 0 Å². The Hall–Kier alpha value is -1.18. The standard InChI is InChI=1S/C26H44O5Si/c1-11-19(27)13-14-20-21(22(12-2)31-32(9,10)24(3,4)5)16-28-23(20)15-26(8)29-17-25(6,7)18-30-26/h11-12,16,19,22,27H,1-2,13-15,17-18H2,3-10H3/t19?,22-/m0/s1. The number of furan rings is 1. The molecular formula is C26H44O5Si. The molecule has 1 aliphatic rings. The van der Waals surface area contributed by atoms with Gasteiger partial charge in [0.15, 0.2) is 14.1 Å². The second kappa shape index (κ2) is 9.98. The summed E-state index contributed by atoms with van der Waals surface area (Å²) in [6.07, 6.45) is 6.03. The van der Waals surface area contributed by atoms with Gasteiger partial charge in [0.25, 0.3) is 0 Å². The van der Waals surface area contributed by atoms with Gasteiger partial charge in [-0.15, -0.1) is 13.2 Å². The van der Waals surface area contributed by atoms with Crippen molar-refractivity contribution in [2.24, 2.45) is 5.41 Å². The summed E-state index contributed by atoms with van der Waals surface area (Å²) in [6.45, 7) is 26.4. The van der Waals surface area contributed by atoms with Gasteiger partial charge in [-0.25, -0.2) is 0 Å². The summed E-state index contributed by atoms with van der Waals surface area (Å²) in [5.74, 6) is 0.0598. The maximum absolute atomic E-state index is 10.1. The Morgan fingerprint density at radius 1 is 1.16 bits per heavy atom. The predicted octanol–water partition coefficient (Wildman–Crippen LogP) is 6.34. The maximum atomic E-state index is 10.1. The van der Waals surface area contributed by atoms with Crippen molar-refractivity contribution in [1.82, 2.24) is 0 Å². The Morgan fingerprint density at radius 2 is 1.75 bits per heavy atom. The molecule has 1 fully saturated rings. The summed E-state index contributed by atoms with van der Waals surface area (Å²) in [5, 5.41) is 10.2. The average Bonchev–Trinajstić information content (AvgIpc) is 3.08. The Balaban J connectivity index is 2.35. The quantitative estimate of drug-likeness (QED) is 0.323. The first-order chi connectivity index (χ1) is 14.6. The molecule has 0 spiro atoms. The highest BCUT2D eigenvalue weighted by Crippen LogP contribution is 2.42. The highest BCUT2D eigenvalue weighted by Gasteiger charge is 2.41. The molecular weight excluding hydrogens is 420 g/mol. The molecule has 2 atom stereocenters. The summed E-state index contributed by atoms with van der Waals surface area (Å²) in [5.41, 5.74) is 2.00. The molecule has 0 radical (unpaired) electrons. The van der Waals surface area contributed by atoms with E-state index in [1.165, 1.54) is 0 Å². The van der Waals surface area contributed by atoms with Crippen LogP contribution >= 0.6 is 0 Å². The molecule has 1 unspecified atom stereocenters. The average molecular weight is 465 g/mol. The molecule has 0 saturated carbocycles. The van der Waals surface area contributed by atoms with Crippen molar-refractivity contribution in [3.63, 3.8) is 0 Å². The lowest BCUT2D eigenvalue weighted by atomic mass is 9.93. The summed E-state index contributed by atoms with van der Waals surface area (Å²) in [4.78, 5) is 0. The normalized spacial score (nSPS) is 20.5. The first kappa shape index (κ1) is 27.1. The molecule has 2 rings (SSSR count). The highest BCUT2D eigenvalue weighted by atomic mass is 28.4. The predicted molar refractivity (Wildman–Crippen MR) is 132 cm³/mol. The second-order valence-electron chi connectivity index (χ2n) is 11.5. The molecule has 0 aliphatic carbocycles. The number of ether oxygens (including phenoxy) is 2. The fourth-order valence-corrected chi connectivity index (χ4v) is 4.64. The molecule has 0 bridgehead atoms. The molecule has 6 heteroatoms. The van der Waals surface area contributed by atoms with Crippen molar-refractivity contribution in [2.75, 3.05) is 13.2 Å². The Kier molecular flexibility index (Phi) is 8.44. The van der Waals surface area contributed by atoms with Gasteiger partial charge >= 0.3 is 0 Å². The Bertz CT molecular complexity index is 777. The van der Waals surface area contributed by atoms with Gasteiger partial charge in [0.2, 0.25) is 0 Å². The van der Waals surface area contributed by atoms with Crippen molar-refractivity contribution in [3.8, 4) is 0 Å². The van der Waals surface area contributed by atoms with E-state index in [2.05, 4.69) is 60.9 Å².